The van der Waals surface area contributed by atoms with Gasteiger partial charge in [0.2, 0.25) is 0 Å². The lowest BCUT2D eigenvalue weighted by Gasteiger charge is -2.15. The van der Waals surface area contributed by atoms with Gasteiger partial charge < -0.3 is 5.73 Å². The monoisotopic (exact) mass is 408 g/mol. The van der Waals surface area contributed by atoms with Crippen LogP contribution in [0.1, 0.15) is 11.1 Å². The van der Waals surface area contributed by atoms with Crippen LogP contribution in [0.15, 0.2) is 53.0 Å². The number of nitrogens with zero attached hydrogens (tertiary/aromatic N) is 3. The van der Waals surface area contributed by atoms with Gasteiger partial charge in [-0.2, -0.15) is 5.26 Å². The van der Waals surface area contributed by atoms with Gasteiger partial charge in [0.1, 0.15) is 17.5 Å². The minimum absolute atomic E-state index is 0.0497. The molecule has 0 fully saturated rings. The number of nitriles is 1. The predicted molar refractivity (Wildman–Crippen MR) is 103 cm³/mol. The van der Waals surface area contributed by atoms with Crippen LogP contribution in [-0.2, 0) is 0 Å². The summed E-state index contributed by atoms with van der Waals surface area (Å²) in [5.41, 5.74) is 9.51. The Labute approximate surface area is 158 Å². The number of rotatable bonds is 3. The summed E-state index contributed by atoms with van der Waals surface area (Å²) < 4.78 is 0.930. The average Bonchev–Trinajstić information content (AvgIpc) is 2.63. The van der Waals surface area contributed by atoms with Gasteiger partial charge in [0, 0.05) is 27.7 Å². The highest BCUT2D eigenvalue weighted by Gasteiger charge is 2.19. The molecule has 0 saturated heterocycles. The van der Waals surface area contributed by atoms with E-state index in [-0.39, 0.29) is 17.1 Å². The summed E-state index contributed by atoms with van der Waals surface area (Å²) in [5.74, 6) is 0.0949. The Morgan fingerprint density at radius 3 is 2.50 bits per heavy atom. The molecule has 0 amide bonds. The van der Waals surface area contributed by atoms with E-state index in [9.17, 15) is 15.4 Å². The molecule has 1 aromatic heterocycles. The Morgan fingerprint density at radius 1 is 1.19 bits per heavy atom. The van der Waals surface area contributed by atoms with Gasteiger partial charge in [-0.1, -0.05) is 40.2 Å². The molecule has 0 radical (unpaired) electrons. The number of non-ortho nitro benzene ring substituents is 1. The Bertz CT molecular complexity index is 1060. The van der Waals surface area contributed by atoms with E-state index < -0.39 is 4.92 Å². The Hall–Kier alpha value is -3.24. The summed E-state index contributed by atoms with van der Waals surface area (Å²) in [6, 6.07) is 15.8. The van der Waals surface area contributed by atoms with Crippen molar-refractivity contribution in [3.05, 3.63) is 74.2 Å². The maximum Gasteiger partial charge on any atom is 0.270 e. The van der Waals surface area contributed by atoms with E-state index in [2.05, 4.69) is 27.0 Å². The van der Waals surface area contributed by atoms with E-state index in [1.165, 1.54) is 12.1 Å². The fourth-order valence-electron chi connectivity index (χ4n) is 2.83. The van der Waals surface area contributed by atoms with Crippen LogP contribution < -0.4 is 5.73 Å². The third-order valence-corrected chi connectivity index (χ3v) is 4.57. The molecule has 128 valence electrons. The van der Waals surface area contributed by atoms with Crippen molar-refractivity contribution in [2.75, 3.05) is 5.73 Å². The fourth-order valence-corrected chi connectivity index (χ4v) is 3.10. The molecule has 6 nitrogen and oxygen atoms in total. The number of pyridine rings is 1. The molecular formula is C19H13BrN4O2. The Morgan fingerprint density at radius 2 is 1.88 bits per heavy atom. The van der Waals surface area contributed by atoms with Crippen molar-refractivity contribution in [2.24, 2.45) is 0 Å². The number of halogens is 1. The zero-order valence-electron chi connectivity index (χ0n) is 13.7. The summed E-state index contributed by atoms with van der Waals surface area (Å²) in [7, 11) is 0. The van der Waals surface area contributed by atoms with Gasteiger partial charge in [-0.15, -0.1) is 0 Å². The van der Waals surface area contributed by atoms with Crippen molar-refractivity contribution in [3.63, 3.8) is 0 Å². The molecule has 3 aromatic rings. The largest absolute Gasteiger partial charge is 0.383 e. The zero-order chi connectivity index (χ0) is 18.8. The van der Waals surface area contributed by atoms with Crippen LogP contribution >= 0.6 is 15.9 Å². The summed E-state index contributed by atoms with van der Waals surface area (Å²) in [4.78, 5) is 15.0. The van der Waals surface area contributed by atoms with Crippen molar-refractivity contribution in [3.8, 4) is 28.5 Å². The van der Waals surface area contributed by atoms with Crippen LogP contribution in [0.25, 0.3) is 22.4 Å². The van der Waals surface area contributed by atoms with Gasteiger partial charge in [0.15, 0.2) is 0 Å². The van der Waals surface area contributed by atoms with Gasteiger partial charge in [-0.25, -0.2) is 4.98 Å². The van der Waals surface area contributed by atoms with Crippen molar-refractivity contribution >= 4 is 27.4 Å². The lowest BCUT2D eigenvalue weighted by atomic mass is 9.92. The number of nitrogen functional groups attached to an aromatic ring is 1. The van der Waals surface area contributed by atoms with Gasteiger partial charge >= 0.3 is 0 Å². The van der Waals surface area contributed by atoms with Crippen molar-refractivity contribution in [1.29, 1.82) is 5.26 Å². The molecule has 0 unspecified atom stereocenters. The predicted octanol–water partition coefficient (Wildman–Crippen LogP) is 4.85. The van der Waals surface area contributed by atoms with Crippen molar-refractivity contribution in [2.45, 2.75) is 6.92 Å². The highest BCUT2D eigenvalue weighted by Crippen LogP contribution is 2.37. The number of hydrogen-bond acceptors (Lipinski definition) is 5. The second-order valence-electron chi connectivity index (χ2n) is 5.65. The highest BCUT2D eigenvalue weighted by molar-refractivity contribution is 9.10. The van der Waals surface area contributed by atoms with Crippen LogP contribution in [0.3, 0.4) is 0 Å². The summed E-state index contributed by atoms with van der Waals surface area (Å²) in [6.07, 6.45) is 0. The minimum Gasteiger partial charge on any atom is -0.383 e. The number of anilines is 1. The molecule has 2 N–H and O–H groups in total. The molecule has 0 aliphatic rings. The topological polar surface area (TPSA) is 106 Å². The number of aromatic nitrogens is 1. The van der Waals surface area contributed by atoms with Crippen LogP contribution in [0, 0.1) is 28.4 Å². The molecule has 0 aliphatic heterocycles. The molecule has 0 bridgehead atoms. The first-order valence-electron chi connectivity index (χ1n) is 7.63. The first kappa shape index (κ1) is 17.6. The Kier molecular flexibility index (Phi) is 4.69. The molecule has 0 aliphatic carbocycles. The lowest BCUT2D eigenvalue weighted by molar-refractivity contribution is -0.384. The molecule has 26 heavy (non-hydrogen) atoms. The highest BCUT2D eigenvalue weighted by atomic mass is 79.9. The number of nitro groups is 1. The molecule has 0 saturated carbocycles. The molecule has 3 rings (SSSR count). The molecule has 1 heterocycles. The Balaban J connectivity index is 2.31. The fraction of sp³-hybridized carbons (Fsp3) is 0.0526. The summed E-state index contributed by atoms with van der Waals surface area (Å²) >= 11 is 3.39. The van der Waals surface area contributed by atoms with Crippen LogP contribution in [0.5, 0.6) is 0 Å². The van der Waals surface area contributed by atoms with Crippen LogP contribution in [-0.4, -0.2) is 9.91 Å². The summed E-state index contributed by atoms with van der Waals surface area (Å²) in [6.45, 7) is 1.83. The standard InChI is InChI=1S/C19H13BrN4O2/c1-11-17(13-3-2-4-15(9-13)24(25)26)16(10-21)19(22)23-18(11)12-5-7-14(20)8-6-12/h2-9H,1H3,(H2,22,23). The molecular weight excluding hydrogens is 396 g/mol. The molecule has 7 heteroatoms. The average molecular weight is 409 g/mol. The molecule has 0 atom stereocenters. The van der Waals surface area contributed by atoms with Crippen LogP contribution in [0.2, 0.25) is 0 Å². The van der Waals surface area contributed by atoms with Gasteiger partial charge in [-0.3, -0.25) is 10.1 Å². The van der Waals surface area contributed by atoms with E-state index >= 15 is 0 Å². The van der Waals surface area contributed by atoms with Crippen molar-refractivity contribution < 1.29 is 4.92 Å². The van der Waals surface area contributed by atoms with E-state index in [0.29, 0.717) is 16.8 Å². The number of benzene rings is 2. The van der Waals surface area contributed by atoms with E-state index in [4.69, 9.17) is 5.73 Å². The SMILES string of the molecule is Cc1c(-c2ccc(Br)cc2)nc(N)c(C#N)c1-c1cccc([N+](=O)[O-])c1. The third-order valence-electron chi connectivity index (χ3n) is 4.04. The quantitative estimate of drug-likeness (QED) is 0.492. The van der Waals surface area contributed by atoms with Crippen molar-refractivity contribution in [1.82, 2.24) is 4.98 Å². The molecule has 0 spiro atoms. The second kappa shape index (κ2) is 6.94. The van der Waals surface area contributed by atoms with Crippen LogP contribution in [0.4, 0.5) is 11.5 Å². The lowest BCUT2D eigenvalue weighted by Crippen LogP contribution is -2.03. The number of nitrogens with two attached hydrogens (primary N) is 1. The maximum absolute atomic E-state index is 11.1. The normalized spacial score (nSPS) is 10.3. The zero-order valence-corrected chi connectivity index (χ0v) is 15.3. The van der Waals surface area contributed by atoms with E-state index in [0.717, 1.165) is 15.6 Å². The van der Waals surface area contributed by atoms with Gasteiger partial charge in [-0.05, 0) is 30.2 Å². The maximum atomic E-state index is 11.1. The first-order valence-corrected chi connectivity index (χ1v) is 8.42. The number of hydrogen-bond donors (Lipinski definition) is 1. The van der Waals surface area contributed by atoms with E-state index in [1.807, 2.05) is 31.2 Å². The summed E-state index contributed by atoms with van der Waals surface area (Å²) in [5, 5.41) is 20.7. The number of nitro benzene ring substituents is 1. The minimum atomic E-state index is -0.467. The second-order valence-corrected chi connectivity index (χ2v) is 6.56. The first-order chi connectivity index (χ1) is 12.4. The van der Waals surface area contributed by atoms with Gasteiger partial charge in [0.05, 0.1) is 10.6 Å². The molecule has 2 aromatic carbocycles. The van der Waals surface area contributed by atoms with Gasteiger partial charge in [0.25, 0.3) is 5.69 Å². The smallest absolute Gasteiger partial charge is 0.270 e. The third kappa shape index (κ3) is 3.15. The van der Waals surface area contributed by atoms with E-state index in [1.54, 1.807) is 12.1 Å².